The number of carbonyl (C=O) groups excluding carboxylic acids is 2. The highest BCUT2D eigenvalue weighted by molar-refractivity contribution is 6.42. The van der Waals surface area contributed by atoms with Gasteiger partial charge in [0, 0.05) is 19.3 Å². The molecule has 0 aliphatic carbocycles. The number of aromatic nitrogens is 1. The second-order valence-corrected chi connectivity index (χ2v) is 7.51. The molecule has 3 amide bonds. The second-order valence-electron chi connectivity index (χ2n) is 6.69. The monoisotopic (exact) mass is 460 g/mol. The van der Waals surface area contributed by atoms with Crippen molar-refractivity contribution in [2.75, 3.05) is 13.1 Å². The first-order chi connectivity index (χ1) is 14.1. The van der Waals surface area contributed by atoms with Gasteiger partial charge in [0.05, 0.1) is 16.1 Å². The number of rotatable bonds is 3. The number of pyridine rings is 1. The van der Waals surface area contributed by atoms with Crippen LogP contribution >= 0.6 is 23.2 Å². The van der Waals surface area contributed by atoms with Crippen LogP contribution in [0.15, 0.2) is 36.5 Å². The molecule has 30 heavy (non-hydrogen) atoms. The summed E-state index contributed by atoms with van der Waals surface area (Å²) in [5, 5.41) is 5.93. The highest BCUT2D eigenvalue weighted by Crippen LogP contribution is 2.31. The molecule has 11 heteroatoms. The van der Waals surface area contributed by atoms with Crippen molar-refractivity contribution in [1.29, 1.82) is 0 Å². The molecule has 1 aliphatic rings. The van der Waals surface area contributed by atoms with Crippen molar-refractivity contribution in [1.82, 2.24) is 20.5 Å². The number of carbonyl (C=O) groups is 2. The van der Waals surface area contributed by atoms with E-state index in [0.29, 0.717) is 17.7 Å². The predicted octanol–water partition coefficient (Wildman–Crippen LogP) is 4.03. The Hall–Kier alpha value is -2.52. The number of halogens is 5. The van der Waals surface area contributed by atoms with Gasteiger partial charge in [-0.05, 0) is 36.2 Å². The molecule has 1 fully saturated rings. The maximum Gasteiger partial charge on any atom is 0.433 e. The Balaban J connectivity index is 1.94. The Morgan fingerprint density at radius 3 is 2.53 bits per heavy atom. The Labute approximate surface area is 180 Å². The van der Waals surface area contributed by atoms with Gasteiger partial charge in [-0.2, -0.15) is 13.2 Å². The standard InChI is InChI=1S/C19H17Cl2F3N4O2/c1-10-17(29)25-6-7-28(10)18(30)27-16(11-2-4-13(20)14(21)8-11)12-3-5-15(26-9-12)19(22,23)24/h2-5,8-10,16H,6-7H2,1H3,(H,25,29)(H,27,30)/t10-,16-/m1/s1. The van der Waals surface area contributed by atoms with E-state index in [1.54, 1.807) is 13.0 Å². The summed E-state index contributed by atoms with van der Waals surface area (Å²) in [6, 6.07) is 4.60. The topological polar surface area (TPSA) is 74.3 Å². The van der Waals surface area contributed by atoms with E-state index >= 15 is 0 Å². The normalized spacial score (nSPS) is 18.0. The minimum Gasteiger partial charge on any atom is -0.353 e. The first-order valence-corrected chi connectivity index (χ1v) is 9.66. The Morgan fingerprint density at radius 2 is 1.93 bits per heavy atom. The van der Waals surface area contributed by atoms with Gasteiger partial charge in [0.25, 0.3) is 0 Å². The lowest BCUT2D eigenvalue weighted by atomic mass is 10.00. The van der Waals surface area contributed by atoms with E-state index in [9.17, 15) is 22.8 Å². The van der Waals surface area contributed by atoms with Gasteiger partial charge in [-0.1, -0.05) is 35.3 Å². The zero-order chi connectivity index (χ0) is 22.1. The van der Waals surface area contributed by atoms with E-state index in [-0.39, 0.29) is 22.5 Å². The van der Waals surface area contributed by atoms with Crippen molar-refractivity contribution in [3.63, 3.8) is 0 Å². The van der Waals surface area contributed by atoms with E-state index in [1.165, 1.54) is 23.1 Å². The van der Waals surface area contributed by atoms with Gasteiger partial charge in [0.2, 0.25) is 5.91 Å². The predicted molar refractivity (Wildman–Crippen MR) is 105 cm³/mol. The molecule has 0 saturated carbocycles. The van der Waals surface area contributed by atoms with E-state index in [2.05, 4.69) is 15.6 Å². The molecule has 2 atom stereocenters. The summed E-state index contributed by atoms with van der Waals surface area (Å²) in [5.74, 6) is -0.293. The summed E-state index contributed by atoms with van der Waals surface area (Å²) < 4.78 is 38.6. The maximum atomic E-state index is 12.9. The van der Waals surface area contributed by atoms with Crippen molar-refractivity contribution in [3.05, 3.63) is 63.4 Å². The lowest BCUT2D eigenvalue weighted by Crippen LogP contribution is -2.58. The molecule has 6 nitrogen and oxygen atoms in total. The van der Waals surface area contributed by atoms with Crippen LogP contribution < -0.4 is 10.6 Å². The lowest BCUT2D eigenvalue weighted by Gasteiger charge is -2.34. The van der Waals surface area contributed by atoms with Crippen molar-refractivity contribution < 1.29 is 22.8 Å². The summed E-state index contributed by atoms with van der Waals surface area (Å²) in [6.07, 6.45) is -3.54. The van der Waals surface area contributed by atoms with E-state index in [1.807, 2.05) is 0 Å². The average molecular weight is 461 g/mol. The van der Waals surface area contributed by atoms with Crippen LogP contribution in [0.4, 0.5) is 18.0 Å². The Bertz CT molecular complexity index is 954. The number of piperazine rings is 1. The first kappa shape index (κ1) is 22.2. The van der Waals surface area contributed by atoms with Crippen molar-refractivity contribution in [2.24, 2.45) is 0 Å². The highest BCUT2D eigenvalue weighted by Gasteiger charge is 2.33. The van der Waals surface area contributed by atoms with Crippen LogP contribution in [0.25, 0.3) is 0 Å². The van der Waals surface area contributed by atoms with Gasteiger partial charge < -0.3 is 15.5 Å². The molecular formula is C19H17Cl2F3N4O2. The first-order valence-electron chi connectivity index (χ1n) is 8.91. The van der Waals surface area contributed by atoms with Gasteiger partial charge >= 0.3 is 12.2 Å². The molecule has 0 radical (unpaired) electrons. The van der Waals surface area contributed by atoms with E-state index in [4.69, 9.17) is 23.2 Å². The second kappa shape index (κ2) is 8.69. The fourth-order valence-corrected chi connectivity index (χ4v) is 3.37. The average Bonchev–Trinajstić information content (AvgIpc) is 2.69. The summed E-state index contributed by atoms with van der Waals surface area (Å²) in [4.78, 5) is 29.5. The van der Waals surface area contributed by atoms with Crippen molar-refractivity contribution in [3.8, 4) is 0 Å². The third-order valence-corrected chi connectivity index (χ3v) is 5.45. The van der Waals surface area contributed by atoms with Gasteiger partial charge in [-0.25, -0.2) is 4.79 Å². The summed E-state index contributed by atoms with van der Waals surface area (Å²) in [7, 11) is 0. The SMILES string of the molecule is C[C@@H]1C(=O)NCCN1C(=O)N[C@@H](c1ccc(C(F)(F)F)nc1)c1ccc(Cl)c(Cl)c1. The fourth-order valence-electron chi connectivity index (χ4n) is 3.06. The highest BCUT2D eigenvalue weighted by atomic mass is 35.5. The zero-order valence-electron chi connectivity index (χ0n) is 15.6. The molecule has 0 unspecified atom stereocenters. The third-order valence-electron chi connectivity index (χ3n) is 4.71. The summed E-state index contributed by atoms with van der Waals surface area (Å²) in [5.41, 5.74) is -0.246. The minimum atomic E-state index is -4.59. The largest absolute Gasteiger partial charge is 0.433 e. The van der Waals surface area contributed by atoms with E-state index in [0.717, 1.165) is 12.3 Å². The van der Waals surface area contributed by atoms with Gasteiger partial charge in [-0.15, -0.1) is 0 Å². The molecule has 1 aromatic carbocycles. The number of alkyl halides is 3. The molecule has 0 spiro atoms. The van der Waals surface area contributed by atoms with Gasteiger partial charge in [0.15, 0.2) is 0 Å². The molecule has 2 N–H and O–H groups in total. The number of benzene rings is 1. The molecule has 2 aromatic rings. The van der Waals surface area contributed by atoms with Crippen LogP contribution in [0.5, 0.6) is 0 Å². The van der Waals surface area contributed by atoms with Crippen LogP contribution in [-0.4, -0.2) is 41.0 Å². The molecule has 160 valence electrons. The fraction of sp³-hybridized carbons (Fsp3) is 0.316. The minimum absolute atomic E-state index is 0.221. The molecule has 1 aliphatic heterocycles. The smallest absolute Gasteiger partial charge is 0.353 e. The number of nitrogens with zero attached hydrogens (tertiary/aromatic N) is 2. The van der Waals surface area contributed by atoms with Crippen LogP contribution in [0.1, 0.15) is 29.8 Å². The van der Waals surface area contributed by atoms with Crippen molar-refractivity contribution >= 4 is 35.1 Å². The van der Waals surface area contributed by atoms with Crippen LogP contribution in [0.3, 0.4) is 0 Å². The number of urea groups is 1. The van der Waals surface area contributed by atoms with Crippen molar-refractivity contribution in [2.45, 2.75) is 25.2 Å². The van der Waals surface area contributed by atoms with Gasteiger partial charge in [-0.3, -0.25) is 9.78 Å². The molecule has 1 aromatic heterocycles. The van der Waals surface area contributed by atoms with Gasteiger partial charge in [0.1, 0.15) is 11.7 Å². The number of amides is 3. The molecule has 1 saturated heterocycles. The summed E-state index contributed by atoms with van der Waals surface area (Å²) in [6.45, 7) is 2.18. The summed E-state index contributed by atoms with van der Waals surface area (Å²) >= 11 is 12.0. The van der Waals surface area contributed by atoms with Crippen LogP contribution in [-0.2, 0) is 11.0 Å². The molecule has 2 heterocycles. The quantitative estimate of drug-likeness (QED) is 0.725. The Morgan fingerprint density at radius 1 is 1.23 bits per heavy atom. The van der Waals surface area contributed by atoms with Crippen LogP contribution in [0.2, 0.25) is 10.0 Å². The zero-order valence-corrected chi connectivity index (χ0v) is 17.1. The van der Waals surface area contributed by atoms with Crippen LogP contribution in [0, 0.1) is 0 Å². The molecule has 0 bridgehead atoms. The number of hydrogen-bond donors (Lipinski definition) is 2. The molecular weight excluding hydrogens is 444 g/mol. The number of hydrogen-bond acceptors (Lipinski definition) is 3. The van der Waals surface area contributed by atoms with E-state index < -0.39 is 30.0 Å². The number of nitrogens with one attached hydrogen (secondary N) is 2. The maximum absolute atomic E-state index is 12.9. The lowest BCUT2D eigenvalue weighted by molar-refractivity contribution is -0.141. The third kappa shape index (κ3) is 4.79. The Kier molecular flexibility index (Phi) is 6.42. The molecule has 3 rings (SSSR count).